The van der Waals surface area contributed by atoms with Crippen LogP contribution in [0.25, 0.3) is 0 Å². The Morgan fingerprint density at radius 3 is 3.00 bits per heavy atom. The fraction of sp³-hybridized carbons (Fsp3) is 0.533. The third-order valence-corrected chi connectivity index (χ3v) is 4.57. The van der Waals surface area contributed by atoms with Gasteiger partial charge in [0.05, 0.1) is 24.5 Å². The molecule has 0 saturated carbocycles. The molecule has 0 radical (unpaired) electrons. The summed E-state index contributed by atoms with van der Waals surface area (Å²) < 4.78 is 1.89. The number of thiazole rings is 1. The Bertz CT molecular complexity index is 694. The Kier molecular flexibility index (Phi) is 4.74. The van der Waals surface area contributed by atoms with Crippen molar-refractivity contribution in [2.24, 2.45) is 0 Å². The van der Waals surface area contributed by atoms with Crippen LogP contribution in [0.2, 0.25) is 0 Å². The molecule has 0 saturated heterocycles. The zero-order valence-corrected chi connectivity index (χ0v) is 14.2. The molecule has 0 aliphatic carbocycles. The van der Waals surface area contributed by atoms with Crippen LogP contribution in [-0.2, 0) is 26.2 Å². The molecule has 1 aliphatic rings. The van der Waals surface area contributed by atoms with Crippen molar-refractivity contribution in [1.29, 1.82) is 0 Å². The van der Waals surface area contributed by atoms with Gasteiger partial charge in [0.25, 0.3) is 5.91 Å². The normalized spacial score (nSPS) is 14.9. The van der Waals surface area contributed by atoms with Crippen LogP contribution in [0.4, 0.5) is 0 Å². The highest BCUT2D eigenvalue weighted by Gasteiger charge is 2.23. The van der Waals surface area contributed by atoms with Crippen LogP contribution in [0.5, 0.6) is 0 Å². The Hall–Kier alpha value is -1.77. The van der Waals surface area contributed by atoms with Gasteiger partial charge in [0, 0.05) is 25.0 Å². The number of fused-ring (bicyclic) bond motifs is 1. The second kappa shape index (κ2) is 6.77. The Morgan fingerprint density at radius 2 is 2.26 bits per heavy atom. The van der Waals surface area contributed by atoms with Crippen molar-refractivity contribution < 1.29 is 9.90 Å². The van der Waals surface area contributed by atoms with E-state index in [4.69, 9.17) is 0 Å². The van der Waals surface area contributed by atoms with Gasteiger partial charge in [-0.15, -0.1) is 11.3 Å². The van der Waals surface area contributed by atoms with Crippen LogP contribution in [-0.4, -0.2) is 56.2 Å². The van der Waals surface area contributed by atoms with Crippen molar-refractivity contribution in [3.8, 4) is 0 Å². The topological polar surface area (TPSA) is 74.5 Å². The summed E-state index contributed by atoms with van der Waals surface area (Å²) in [6, 6.07) is 1.87. The Balaban J connectivity index is 1.75. The van der Waals surface area contributed by atoms with Crippen molar-refractivity contribution in [2.75, 3.05) is 20.6 Å². The quantitative estimate of drug-likeness (QED) is 0.900. The van der Waals surface area contributed by atoms with E-state index in [0.29, 0.717) is 24.5 Å². The first kappa shape index (κ1) is 16.1. The van der Waals surface area contributed by atoms with Gasteiger partial charge in [-0.3, -0.25) is 9.48 Å². The van der Waals surface area contributed by atoms with E-state index in [9.17, 15) is 9.90 Å². The zero-order valence-electron chi connectivity index (χ0n) is 13.4. The maximum Gasteiger partial charge on any atom is 0.273 e. The van der Waals surface area contributed by atoms with E-state index in [2.05, 4.69) is 10.1 Å². The van der Waals surface area contributed by atoms with E-state index in [0.717, 1.165) is 30.2 Å². The maximum absolute atomic E-state index is 12.7. The summed E-state index contributed by atoms with van der Waals surface area (Å²) in [5, 5.41) is 16.3. The van der Waals surface area contributed by atoms with Gasteiger partial charge in [0.15, 0.2) is 0 Å². The van der Waals surface area contributed by atoms with E-state index < -0.39 is 0 Å². The minimum atomic E-state index is -0.0755. The van der Waals surface area contributed by atoms with Gasteiger partial charge < -0.3 is 14.9 Å². The summed E-state index contributed by atoms with van der Waals surface area (Å²) in [5.41, 5.74) is 2.13. The molecule has 0 spiro atoms. The van der Waals surface area contributed by atoms with Crippen LogP contribution in [0.15, 0.2) is 11.4 Å². The number of nitrogens with zero attached hydrogens (tertiary/aromatic N) is 5. The maximum atomic E-state index is 12.7. The van der Waals surface area contributed by atoms with Crippen molar-refractivity contribution in [3.63, 3.8) is 0 Å². The number of rotatable bonds is 4. The summed E-state index contributed by atoms with van der Waals surface area (Å²) in [6.45, 7) is 2.63. The molecule has 3 rings (SSSR count). The molecule has 8 heteroatoms. The van der Waals surface area contributed by atoms with Crippen molar-refractivity contribution in [1.82, 2.24) is 24.6 Å². The number of aryl methyl sites for hydroxylation is 1. The fourth-order valence-electron chi connectivity index (χ4n) is 2.69. The first-order valence-corrected chi connectivity index (χ1v) is 8.49. The minimum absolute atomic E-state index is 0.0357. The van der Waals surface area contributed by atoms with Crippen molar-refractivity contribution >= 4 is 17.2 Å². The van der Waals surface area contributed by atoms with Crippen LogP contribution in [0.1, 0.15) is 33.3 Å². The molecule has 7 nitrogen and oxygen atoms in total. The lowest BCUT2D eigenvalue weighted by Gasteiger charge is -2.18. The van der Waals surface area contributed by atoms with E-state index >= 15 is 0 Å². The first-order chi connectivity index (χ1) is 11.1. The summed E-state index contributed by atoms with van der Waals surface area (Å²) in [7, 11) is 3.97. The summed E-state index contributed by atoms with van der Waals surface area (Å²) in [6.07, 6.45) is 0.847. The molecule has 23 heavy (non-hydrogen) atoms. The van der Waals surface area contributed by atoms with E-state index in [1.165, 1.54) is 11.3 Å². The van der Waals surface area contributed by atoms with Crippen LogP contribution < -0.4 is 0 Å². The molecule has 0 unspecified atom stereocenters. The molecule has 0 aromatic carbocycles. The molecule has 0 atom stereocenters. The minimum Gasteiger partial charge on any atom is -0.390 e. The van der Waals surface area contributed by atoms with Crippen molar-refractivity contribution in [3.05, 3.63) is 33.5 Å². The molecule has 2 aromatic rings. The number of aliphatic hydroxyl groups is 1. The zero-order chi connectivity index (χ0) is 16.4. The molecule has 1 amide bonds. The molecule has 0 bridgehead atoms. The average molecular weight is 335 g/mol. The highest BCUT2D eigenvalue weighted by Crippen LogP contribution is 2.18. The lowest BCUT2D eigenvalue weighted by Crippen LogP contribution is -2.31. The van der Waals surface area contributed by atoms with E-state index in [1.807, 2.05) is 40.0 Å². The van der Waals surface area contributed by atoms with Gasteiger partial charge in [-0.05, 0) is 26.6 Å². The standard InChI is InChI=1S/C15H21N5O2S/c1-18(2)8-14-16-13(10-23-14)15(22)19-4-3-5-20-12(7-19)6-11(9-21)17-20/h6,10,21H,3-5,7-9H2,1-2H3. The molecule has 1 N–H and O–H groups in total. The monoisotopic (exact) mass is 335 g/mol. The molecule has 124 valence electrons. The smallest absolute Gasteiger partial charge is 0.273 e. The van der Waals surface area contributed by atoms with Gasteiger partial charge >= 0.3 is 0 Å². The van der Waals surface area contributed by atoms with E-state index in [1.54, 1.807) is 0 Å². The molecular weight excluding hydrogens is 314 g/mol. The number of carbonyl (C=O) groups excluding carboxylic acids is 1. The second-order valence-electron chi connectivity index (χ2n) is 5.95. The van der Waals surface area contributed by atoms with Gasteiger partial charge in [-0.2, -0.15) is 5.10 Å². The molecule has 1 aliphatic heterocycles. The first-order valence-electron chi connectivity index (χ1n) is 7.61. The van der Waals surface area contributed by atoms with Crippen LogP contribution in [0, 0.1) is 0 Å². The summed E-state index contributed by atoms with van der Waals surface area (Å²) >= 11 is 1.52. The number of hydrogen-bond donors (Lipinski definition) is 1. The number of amides is 1. The Labute approximate surface area is 139 Å². The predicted molar refractivity (Wildman–Crippen MR) is 87.0 cm³/mol. The van der Waals surface area contributed by atoms with E-state index in [-0.39, 0.29) is 12.5 Å². The number of aliphatic hydroxyl groups excluding tert-OH is 1. The van der Waals surface area contributed by atoms with Gasteiger partial charge in [0.2, 0.25) is 0 Å². The van der Waals surface area contributed by atoms with Gasteiger partial charge in [0.1, 0.15) is 10.7 Å². The molecule has 2 aromatic heterocycles. The lowest BCUT2D eigenvalue weighted by molar-refractivity contribution is 0.0740. The third-order valence-electron chi connectivity index (χ3n) is 3.74. The molecular formula is C15H21N5O2S. The second-order valence-corrected chi connectivity index (χ2v) is 6.90. The SMILES string of the molecule is CN(C)Cc1nc(C(=O)N2CCCn3nc(CO)cc3C2)cs1. The van der Waals surface area contributed by atoms with Crippen LogP contribution in [0.3, 0.4) is 0 Å². The predicted octanol–water partition coefficient (Wildman–Crippen LogP) is 0.940. The average Bonchev–Trinajstić information content (AvgIpc) is 3.08. The van der Waals surface area contributed by atoms with Crippen LogP contribution >= 0.6 is 11.3 Å². The summed E-state index contributed by atoms with van der Waals surface area (Å²) in [4.78, 5) is 21.0. The molecule has 3 heterocycles. The third kappa shape index (κ3) is 3.60. The Morgan fingerprint density at radius 1 is 1.43 bits per heavy atom. The highest BCUT2D eigenvalue weighted by atomic mass is 32.1. The summed E-state index contributed by atoms with van der Waals surface area (Å²) in [5.74, 6) is -0.0357. The molecule has 0 fully saturated rings. The van der Waals surface area contributed by atoms with Gasteiger partial charge in [-0.25, -0.2) is 4.98 Å². The number of aromatic nitrogens is 3. The van der Waals surface area contributed by atoms with Gasteiger partial charge in [-0.1, -0.05) is 0 Å². The lowest BCUT2D eigenvalue weighted by atomic mass is 10.3. The largest absolute Gasteiger partial charge is 0.390 e. The van der Waals surface area contributed by atoms with Crippen molar-refractivity contribution in [2.45, 2.75) is 32.7 Å². The number of hydrogen-bond acceptors (Lipinski definition) is 6. The fourth-order valence-corrected chi connectivity index (χ4v) is 3.57. The highest BCUT2D eigenvalue weighted by molar-refractivity contribution is 7.09. The number of carbonyl (C=O) groups is 1.